The molecule has 0 aliphatic carbocycles. The number of aromatic nitrogens is 2. The molecule has 1 heterocycles. The zero-order chi connectivity index (χ0) is 17.8. The molecule has 0 aliphatic heterocycles. The van der Waals surface area contributed by atoms with Crippen LogP contribution in [0.15, 0.2) is 58.1 Å². The number of nitrogens with zero attached hydrogens (tertiary/aromatic N) is 2. The van der Waals surface area contributed by atoms with E-state index in [0.29, 0.717) is 16.3 Å². The van der Waals surface area contributed by atoms with Crippen LogP contribution in [0, 0.1) is 0 Å². The molecule has 0 radical (unpaired) electrons. The molecule has 1 aromatic heterocycles. The Bertz CT molecular complexity index is 955. The van der Waals surface area contributed by atoms with E-state index >= 15 is 0 Å². The van der Waals surface area contributed by atoms with E-state index in [1.807, 2.05) is 18.2 Å². The molecule has 25 heavy (non-hydrogen) atoms. The Morgan fingerprint density at radius 3 is 2.88 bits per heavy atom. The van der Waals surface area contributed by atoms with Crippen molar-refractivity contribution < 1.29 is 9.90 Å². The van der Waals surface area contributed by atoms with Gasteiger partial charge in [0.05, 0.1) is 16.9 Å². The van der Waals surface area contributed by atoms with Crippen molar-refractivity contribution in [2.45, 2.75) is 0 Å². The van der Waals surface area contributed by atoms with E-state index in [9.17, 15) is 9.90 Å². The van der Waals surface area contributed by atoms with Crippen LogP contribution in [0.25, 0.3) is 11.3 Å². The number of rotatable bonds is 4. The van der Waals surface area contributed by atoms with Gasteiger partial charge in [-0.3, -0.25) is 9.89 Å². The number of H-pyrrole nitrogens is 1. The lowest BCUT2D eigenvalue weighted by atomic mass is 10.1. The van der Waals surface area contributed by atoms with E-state index in [2.05, 4.69) is 36.7 Å². The monoisotopic (exact) mass is 418 g/mol. The number of amides is 1. The van der Waals surface area contributed by atoms with Gasteiger partial charge in [-0.05, 0) is 30.3 Å². The first-order valence-corrected chi connectivity index (χ1v) is 8.34. The Kier molecular flexibility index (Phi) is 5.16. The van der Waals surface area contributed by atoms with Crippen LogP contribution in [-0.4, -0.2) is 27.4 Å². The summed E-state index contributed by atoms with van der Waals surface area (Å²) in [5, 5.41) is 20.8. The normalized spacial score (nSPS) is 11.0. The Labute approximate surface area is 156 Å². The Morgan fingerprint density at radius 2 is 2.08 bits per heavy atom. The average molecular weight is 420 g/mol. The van der Waals surface area contributed by atoms with Crippen LogP contribution in [-0.2, 0) is 0 Å². The maximum absolute atomic E-state index is 12.1. The molecular weight excluding hydrogens is 408 g/mol. The molecule has 0 saturated carbocycles. The van der Waals surface area contributed by atoms with Gasteiger partial charge in [0.25, 0.3) is 5.91 Å². The summed E-state index contributed by atoms with van der Waals surface area (Å²) in [4.78, 5) is 12.1. The number of carbonyl (C=O) groups excluding carboxylic acids is 1. The van der Waals surface area contributed by atoms with Crippen molar-refractivity contribution in [3.63, 3.8) is 0 Å². The summed E-state index contributed by atoms with van der Waals surface area (Å²) >= 11 is 9.42. The van der Waals surface area contributed by atoms with Crippen molar-refractivity contribution in [2.24, 2.45) is 5.10 Å². The smallest absolute Gasteiger partial charge is 0.289 e. The summed E-state index contributed by atoms with van der Waals surface area (Å²) < 4.78 is 0.788. The molecule has 0 unspecified atom stereocenters. The molecule has 0 spiro atoms. The molecule has 0 atom stereocenters. The predicted molar refractivity (Wildman–Crippen MR) is 99.9 cm³/mol. The van der Waals surface area contributed by atoms with Crippen molar-refractivity contribution in [1.29, 1.82) is 0 Å². The van der Waals surface area contributed by atoms with Gasteiger partial charge >= 0.3 is 0 Å². The first kappa shape index (κ1) is 17.2. The van der Waals surface area contributed by atoms with Gasteiger partial charge < -0.3 is 5.11 Å². The molecule has 0 aliphatic rings. The number of phenolic OH excluding ortho intramolecular Hbond substituents is 1. The molecular formula is C17H12BrClN4O2. The molecule has 1 amide bonds. The number of nitrogens with one attached hydrogen (secondary N) is 2. The first-order valence-electron chi connectivity index (χ1n) is 7.17. The summed E-state index contributed by atoms with van der Waals surface area (Å²) in [6.07, 6.45) is 1.35. The van der Waals surface area contributed by atoms with Crippen molar-refractivity contribution in [3.8, 4) is 17.0 Å². The highest BCUT2D eigenvalue weighted by Gasteiger charge is 2.12. The second-order valence-electron chi connectivity index (χ2n) is 5.05. The number of aromatic hydroxyl groups is 1. The van der Waals surface area contributed by atoms with Crippen molar-refractivity contribution in [2.75, 3.05) is 0 Å². The third kappa shape index (κ3) is 4.07. The second-order valence-corrected chi connectivity index (χ2v) is 6.37. The lowest BCUT2D eigenvalue weighted by Gasteiger charge is -2.00. The molecule has 3 rings (SSSR count). The highest BCUT2D eigenvalue weighted by molar-refractivity contribution is 9.10. The largest absolute Gasteiger partial charge is 0.507 e. The summed E-state index contributed by atoms with van der Waals surface area (Å²) in [5.41, 5.74) is 4.37. The highest BCUT2D eigenvalue weighted by atomic mass is 79.9. The topological polar surface area (TPSA) is 90.4 Å². The molecule has 126 valence electrons. The molecule has 8 heteroatoms. The number of aromatic amines is 1. The van der Waals surface area contributed by atoms with Crippen molar-refractivity contribution >= 4 is 39.7 Å². The van der Waals surface area contributed by atoms with Gasteiger partial charge in [-0.15, -0.1) is 0 Å². The number of halogens is 2. The molecule has 6 nitrogen and oxygen atoms in total. The minimum Gasteiger partial charge on any atom is -0.507 e. The van der Waals surface area contributed by atoms with Crippen LogP contribution in [0.2, 0.25) is 5.02 Å². The van der Waals surface area contributed by atoms with Crippen LogP contribution in [0.1, 0.15) is 16.1 Å². The average Bonchev–Trinajstić information content (AvgIpc) is 3.08. The number of phenols is 1. The maximum atomic E-state index is 12.1. The van der Waals surface area contributed by atoms with Gasteiger partial charge in [0, 0.05) is 15.6 Å². The number of hydrazone groups is 1. The zero-order valence-electron chi connectivity index (χ0n) is 12.7. The number of hydrogen-bond donors (Lipinski definition) is 3. The van der Waals surface area contributed by atoms with Gasteiger partial charge in [0.2, 0.25) is 0 Å². The van der Waals surface area contributed by atoms with E-state index in [-0.39, 0.29) is 11.4 Å². The van der Waals surface area contributed by atoms with E-state index < -0.39 is 5.91 Å². The third-order valence-electron chi connectivity index (χ3n) is 3.33. The van der Waals surface area contributed by atoms with Gasteiger partial charge in [0.1, 0.15) is 11.4 Å². The lowest BCUT2D eigenvalue weighted by Crippen LogP contribution is -2.18. The molecule has 3 aromatic rings. The molecule has 3 N–H and O–H groups in total. The van der Waals surface area contributed by atoms with Gasteiger partial charge in [-0.1, -0.05) is 45.7 Å². The van der Waals surface area contributed by atoms with Crippen LogP contribution in [0.3, 0.4) is 0 Å². The molecule has 0 bridgehead atoms. The number of carbonyl (C=O) groups is 1. The van der Waals surface area contributed by atoms with Crippen molar-refractivity contribution in [1.82, 2.24) is 15.6 Å². The number of benzene rings is 2. The van der Waals surface area contributed by atoms with Crippen LogP contribution < -0.4 is 5.43 Å². The lowest BCUT2D eigenvalue weighted by molar-refractivity contribution is 0.0950. The minimum absolute atomic E-state index is 0.0590. The predicted octanol–water partition coefficient (Wildman–Crippen LogP) is 3.96. The Hall–Kier alpha value is -2.64. The van der Waals surface area contributed by atoms with Crippen LogP contribution in [0.5, 0.6) is 5.75 Å². The minimum atomic E-state index is -0.462. The van der Waals surface area contributed by atoms with Crippen LogP contribution >= 0.6 is 27.5 Å². The van der Waals surface area contributed by atoms with E-state index in [1.54, 1.807) is 24.3 Å². The summed E-state index contributed by atoms with van der Waals surface area (Å²) in [6.45, 7) is 0. The summed E-state index contributed by atoms with van der Waals surface area (Å²) in [6, 6.07) is 13.7. The molecule has 0 fully saturated rings. The zero-order valence-corrected chi connectivity index (χ0v) is 15.0. The van der Waals surface area contributed by atoms with Crippen molar-refractivity contribution in [3.05, 3.63) is 69.3 Å². The Balaban J connectivity index is 1.71. The van der Waals surface area contributed by atoms with Gasteiger partial charge in [-0.2, -0.15) is 10.2 Å². The maximum Gasteiger partial charge on any atom is 0.289 e. The standard InChI is InChI=1S/C17H12BrClN4O2/c18-11-5-6-16(24)10(7-11)9-20-23-17(25)15-8-14(21-22-15)12-3-1-2-4-13(12)19/h1-9,24H,(H,21,22)(H,23,25)/b20-9+. The molecule has 0 saturated heterocycles. The van der Waals surface area contributed by atoms with Gasteiger partial charge in [0.15, 0.2) is 0 Å². The third-order valence-corrected chi connectivity index (χ3v) is 4.15. The summed E-state index contributed by atoms with van der Waals surface area (Å²) in [5.74, 6) is -0.403. The highest BCUT2D eigenvalue weighted by Crippen LogP contribution is 2.26. The van der Waals surface area contributed by atoms with Gasteiger partial charge in [-0.25, -0.2) is 5.43 Å². The first-order chi connectivity index (χ1) is 12.0. The van der Waals surface area contributed by atoms with Crippen LogP contribution in [0.4, 0.5) is 0 Å². The van der Waals surface area contributed by atoms with E-state index in [1.165, 1.54) is 12.3 Å². The fourth-order valence-corrected chi connectivity index (χ4v) is 2.71. The fourth-order valence-electron chi connectivity index (χ4n) is 2.09. The molecule has 2 aromatic carbocycles. The van der Waals surface area contributed by atoms with E-state index in [0.717, 1.165) is 10.0 Å². The second kappa shape index (κ2) is 7.50. The fraction of sp³-hybridized carbons (Fsp3) is 0. The Morgan fingerprint density at radius 1 is 1.28 bits per heavy atom. The number of hydrogen-bond acceptors (Lipinski definition) is 4. The summed E-state index contributed by atoms with van der Waals surface area (Å²) in [7, 11) is 0. The quantitative estimate of drug-likeness (QED) is 0.441. The SMILES string of the molecule is O=C(N/N=C/c1cc(Br)ccc1O)c1cc(-c2ccccc2Cl)n[nH]1. The van der Waals surface area contributed by atoms with E-state index in [4.69, 9.17) is 11.6 Å².